The van der Waals surface area contributed by atoms with E-state index in [4.69, 9.17) is 12.2 Å². The van der Waals surface area contributed by atoms with Crippen LogP contribution in [-0.4, -0.2) is 19.6 Å². The molecular weight excluding hydrogens is 620 g/mol. The summed E-state index contributed by atoms with van der Waals surface area (Å²) in [6.45, 7) is 3.63. The van der Waals surface area contributed by atoms with Crippen molar-refractivity contribution in [3.63, 3.8) is 0 Å². The molecule has 0 spiro atoms. The van der Waals surface area contributed by atoms with Gasteiger partial charge >= 0.3 is 6.18 Å². The van der Waals surface area contributed by atoms with Crippen LogP contribution in [0, 0.1) is 24.0 Å². The standard InChI is InChI=1S/C33H26F3N5O2S2/c1-20-19-26(21(2)39(20)29-9-4-3-7-27(29)33(34,35)36)31-30(28-8-5-6-18-37-28)38-32(44)40(31)22-10-14-24(15-11-22)45-25-16-12-23(13-17-25)41(42)43/h3-19,30-31H,1-2H3,(H,38,44)/t30-,31-/m1/s1. The Bertz CT molecular complexity index is 1880. The third kappa shape index (κ3) is 5.90. The van der Waals surface area contributed by atoms with Crippen molar-refractivity contribution < 1.29 is 18.1 Å². The second-order valence-electron chi connectivity index (χ2n) is 10.5. The Kier molecular flexibility index (Phi) is 8.10. The molecule has 0 unspecified atom stereocenters. The minimum absolute atomic E-state index is 0.0273. The number of aromatic nitrogens is 2. The third-order valence-electron chi connectivity index (χ3n) is 7.74. The van der Waals surface area contributed by atoms with Crippen LogP contribution in [-0.2, 0) is 6.18 Å². The molecule has 12 heteroatoms. The number of non-ortho nitro benzene ring substituents is 1. The van der Waals surface area contributed by atoms with E-state index in [0.29, 0.717) is 16.5 Å². The van der Waals surface area contributed by atoms with E-state index < -0.39 is 22.7 Å². The van der Waals surface area contributed by atoms with Gasteiger partial charge in [-0.3, -0.25) is 15.1 Å². The number of anilines is 1. The first-order valence-electron chi connectivity index (χ1n) is 13.9. The highest BCUT2D eigenvalue weighted by Gasteiger charge is 2.43. The molecule has 45 heavy (non-hydrogen) atoms. The molecule has 7 nitrogen and oxygen atoms in total. The van der Waals surface area contributed by atoms with E-state index in [1.807, 2.05) is 60.4 Å². The molecule has 5 aromatic rings. The molecule has 1 saturated heterocycles. The molecule has 228 valence electrons. The predicted molar refractivity (Wildman–Crippen MR) is 172 cm³/mol. The fourth-order valence-electron chi connectivity index (χ4n) is 5.76. The SMILES string of the molecule is Cc1cc([C@@H]2[C@@H](c3ccccn3)NC(=S)N2c2ccc(Sc3ccc([N+](=O)[O-])cc3)cc2)c(C)n1-c1ccccc1C(F)(F)F. The van der Waals surface area contributed by atoms with E-state index in [2.05, 4.69) is 10.3 Å². The summed E-state index contributed by atoms with van der Waals surface area (Å²) in [4.78, 5) is 18.9. The van der Waals surface area contributed by atoms with Crippen molar-refractivity contribution in [3.05, 3.63) is 142 Å². The second-order valence-corrected chi connectivity index (χ2v) is 12.1. The lowest BCUT2D eigenvalue weighted by Gasteiger charge is -2.28. The van der Waals surface area contributed by atoms with E-state index in [0.717, 1.165) is 32.8 Å². The largest absolute Gasteiger partial charge is 0.418 e. The number of halogens is 3. The Morgan fingerprint density at radius 3 is 2.20 bits per heavy atom. The molecule has 1 fully saturated rings. The number of thiocarbonyl (C=S) groups is 1. The van der Waals surface area contributed by atoms with Crippen molar-refractivity contribution in [2.24, 2.45) is 0 Å². The zero-order valence-electron chi connectivity index (χ0n) is 24.0. The summed E-state index contributed by atoms with van der Waals surface area (Å²) < 4.78 is 43.8. The van der Waals surface area contributed by atoms with Crippen LogP contribution < -0.4 is 10.2 Å². The Balaban J connectivity index is 1.40. The number of nitrogens with zero attached hydrogens (tertiary/aromatic N) is 4. The molecule has 1 aliphatic rings. The topological polar surface area (TPSA) is 76.2 Å². The maximum Gasteiger partial charge on any atom is 0.418 e. The maximum atomic E-state index is 14.1. The number of nitro groups is 1. The highest BCUT2D eigenvalue weighted by molar-refractivity contribution is 7.99. The lowest BCUT2D eigenvalue weighted by atomic mass is 9.96. The van der Waals surface area contributed by atoms with Gasteiger partial charge in [-0.05, 0) is 98.4 Å². The normalized spacial score (nSPS) is 16.6. The van der Waals surface area contributed by atoms with Gasteiger partial charge < -0.3 is 14.8 Å². The van der Waals surface area contributed by atoms with E-state index in [-0.39, 0.29) is 17.4 Å². The van der Waals surface area contributed by atoms with Gasteiger partial charge in [-0.2, -0.15) is 13.2 Å². The van der Waals surface area contributed by atoms with Gasteiger partial charge in [0.1, 0.15) is 0 Å². The lowest BCUT2D eigenvalue weighted by Crippen LogP contribution is -2.29. The number of aryl methyl sites for hydroxylation is 1. The minimum Gasteiger partial charge on any atom is -0.351 e. The van der Waals surface area contributed by atoms with Crippen molar-refractivity contribution in [2.75, 3.05) is 4.90 Å². The van der Waals surface area contributed by atoms with Crippen LogP contribution in [0.2, 0.25) is 0 Å². The summed E-state index contributed by atoms with van der Waals surface area (Å²) >= 11 is 7.33. The number of pyridine rings is 1. The van der Waals surface area contributed by atoms with Crippen LogP contribution in [0.3, 0.4) is 0 Å². The number of nitrogens with one attached hydrogen (secondary N) is 1. The van der Waals surface area contributed by atoms with Gasteiger partial charge in [-0.25, -0.2) is 0 Å². The number of hydrogen-bond donors (Lipinski definition) is 1. The van der Waals surface area contributed by atoms with Gasteiger partial charge in [0.2, 0.25) is 0 Å². The number of rotatable bonds is 7. The van der Waals surface area contributed by atoms with Crippen molar-refractivity contribution in [2.45, 2.75) is 41.9 Å². The van der Waals surface area contributed by atoms with E-state index in [1.54, 1.807) is 35.9 Å². The monoisotopic (exact) mass is 645 g/mol. The fourth-order valence-corrected chi connectivity index (χ4v) is 6.92. The summed E-state index contributed by atoms with van der Waals surface area (Å²) in [5, 5.41) is 14.9. The molecule has 0 aliphatic carbocycles. The number of benzene rings is 3. The Hall–Kier alpha value is -4.68. The van der Waals surface area contributed by atoms with Gasteiger partial charge in [0.25, 0.3) is 5.69 Å². The van der Waals surface area contributed by atoms with Crippen molar-refractivity contribution in [3.8, 4) is 5.69 Å². The Morgan fingerprint density at radius 1 is 0.933 bits per heavy atom. The first-order chi connectivity index (χ1) is 21.5. The summed E-state index contributed by atoms with van der Waals surface area (Å²) in [5.74, 6) is 0. The summed E-state index contributed by atoms with van der Waals surface area (Å²) in [6.07, 6.45) is -2.82. The summed E-state index contributed by atoms with van der Waals surface area (Å²) in [5.41, 5.74) is 3.06. The molecule has 0 bridgehead atoms. The van der Waals surface area contributed by atoms with E-state index in [9.17, 15) is 23.3 Å². The molecule has 2 atom stereocenters. The molecule has 0 radical (unpaired) electrons. The highest BCUT2D eigenvalue weighted by atomic mass is 32.2. The number of hydrogen-bond acceptors (Lipinski definition) is 5. The summed E-state index contributed by atoms with van der Waals surface area (Å²) in [6, 6.07) is 26.4. The lowest BCUT2D eigenvalue weighted by molar-refractivity contribution is -0.384. The quantitative estimate of drug-likeness (QED) is 0.108. The number of nitro benzene ring substituents is 1. The van der Waals surface area contributed by atoms with Gasteiger partial charge in [-0.1, -0.05) is 30.0 Å². The zero-order valence-corrected chi connectivity index (χ0v) is 25.7. The van der Waals surface area contributed by atoms with Crippen molar-refractivity contribution in [1.29, 1.82) is 0 Å². The maximum absolute atomic E-state index is 14.1. The fraction of sp³-hybridized carbons (Fsp3) is 0.152. The molecule has 0 amide bonds. The van der Waals surface area contributed by atoms with Crippen molar-refractivity contribution in [1.82, 2.24) is 14.9 Å². The average Bonchev–Trinajstić information content (AvgIpc) is 3.52. The van der Waals surface area contributed by atoms with Crippen LogP contribution in [0.25, 0.3) is 5.69 Å². The van der Waals surface area contributed by atoms with Gasteiger partial charge in [-0.15, -0.1) is 0 Å². The minimum atomic E-state index is -4.52. The van der Waals surface area contributed by atoms with Gasteiger partial charge in [0.05, 0.1) is 34.0 Å². The highest BCUT2D eigenvalue weighted by Crippen LogP contribution is 2.45. The molecule has 2 aromatic heterocycles. The second kappa shape index (κ2) is 12.0. The van der Waals surface area contributed by atoms with Crippen LogP contribution in [0.1, 0.15) is 40.3 Å². The molecule has 3 heterocycles. The van der Waals surface area contributed by atoms with Gasteiger partial charge in [0, 0.05) is 45.2 Å². The third-order valence-corrected chi connectivity index (χ3v) is 9.07. The van der Waals surface area contributed by atoms with Crippen LogP contribution in [0.4, 0.5) is 24.5 Å². The Morgan fingerprint density at radius 2 is 1.58 bits per heavy atom. The van der Waals surface area contributed by atoms with E-state index >= 15 is 0 Å². The molecule has 3 aromatic carbocycles. The van der Waals surface area contributed by atoms with Crippen LogP contribution in [0.5, 0.6) is 0 Å². The molecule has 6 rings (SSSR count). The van der Waals surface area contributed by atoms with Crippen LogP contribution in [0.15, 0.2) is 113 Å². The molecule has 1 aliphatic heterocycles. The first kappa shape index (κ1) is 30.4. The van der Waals surface area contributed by atoms with Crippen molar-refractivity contribution >= 4 is 40.5 Å². The van der Waals surface area contributed by atoms with E-state index in [1.165, 1.54) is 36.0 Å². The molecule has 1 N–H and O–H groups in total. The molecule has 0 saturated carbocycles. The average molecular weight is 646 g/mol. The number of alkyl halides is 3. The number of para-hydroxylation sites is 1. The zero-order chi connectivity index (χ0) is 31.9. The molecular formula is C33H26F3N5O2S2. The van der Waals surface area contributed by atoms with Gasteiger partial charge in [0.15, 0.2) is 5.11 Å². The first-order valence-corrected chi connectivity index (χ1v) is 15.1. The predicted octanol–water partition coefficient (Wildman–Crippen LogP) is 8.74. The summed E-state index contributed by atoms with van der Waals surface area (Å²) in [7, 11) is 0. The van der Waals surface area contributed by atoms with Crippen LogP contribution >= 0.6 is 24.0 Å². The smallest absolute Gasteiger partial charge is 0.351 e. The Labute approximate surface area is 266 Å².